The van der Waals surface area contributed by atoms with E-state index in [4.69, 9.17) is 4.52 Å². The summed E-state index contributed by atoms with van der Waals surface area (Å²) in [6.45, 7) is 1.71. The largest absolute Gasteiger partial charge is 0.416 e. The SMILES string of the molecule is C[C@H](NC(=O)c1cc(-c2cccnc2)ncn1)c1cc(-c2nc3ccc(C(F)(F)F)cc3[nH]2)on1. The fourth-order valence-corrected chi connectivity index (χ4v) is 3.41. The first-order valence-corrected chi connectivity index (χ1v) is 10.4. The Morgan fingerprint density at radius 1 is 1.14 bits per heavy atom. The van der Waals surface area contributed by atoms with Gasteiger partial charge in [-0.05, 0) is 43.3 Å². The summed E-state index contributed by atoms with van der Waals surface area (Å²) < 4.78 is 44.2. The number of fused-ring (bicyclic) bond motifs is 1. The molecule has 4 aromatic heterocycles. The van der Waals surface area contributed by atoms with Crippen molar-refractivity contribution < 1.29 is 22.5 Å². The topological polar surface area (TPSA) is 122 Å². The Bertz CT molecular complexity index is 1510. The van der Waals surface area contributed by atoms with E-state index in [2.05, 4.69) is 35.4 Å². The molecule has 4 heterocycles. The van der Waals surface area contributed by atoms with E-state index in [1.54, 1.807) is 37.5 Å². The number of pyridine rings is 1. The Morgan fingerprint density at radius 2 is 2.00 bits per heavy atom. The number of carbonyl (C=O) groups excluding carboxylic acids is 1. The van der Waals surface area contributed by atoms with Crippen molar-refractivity contribution in [2.24, 2.45) is 0 Å². The quantitative estimate of drug-likeness (QED) is 0.378. The molecule has 0 saturated heterocycles. The Kier molecular flexibility index (Phi) is 5.47. The van der Waals surface area contributed by atoms with Gasteiger partial charge in [-0.3, -0.25) is 9.78 Å². The lowest BCUT2D eigenvalue weighted by Gasteiger charge is -2.10. The van der Waals surface area contributed by atoms with Crippen LogP contribution in [0, 0.1) is 0 Å². The molecular weight excluding hydrogens is 463 g/mol. The molecule has 1 atom stereocenters. The average Bonchev–Trinajstić information content (AvgIpc) is 3.51. The molecule has 12 heteroatoms. The van der Waals surface area contributed by atoms with Crippen molar-refractivity contribution in [2.75, 3.05) is 0 Å². The van der Waals surface area contributed by atoms with Crippen LogP contribution in [0.3, 0.4) is 0 Å². The molecule has 0 spiro atoms. The van der Waals surface area contributed by atoms with Crippen LogP contribution in [0.1, 0.15) is 34.7 Å². The molecule has 9 nitrogen and oxygen atoms in total. The van der Waals surface area contributed by atoms with Gasteiger partial charge in [0.2, 0.25) is 5.76 Å². The minimum Gasteiger partial charge on any atom is -0.353 e. The van der Waals surface area contributed by atoms with Gasteiger partial charge in [0.15, 0.2) is 5.82 Å². The van der Waals surface area contributed by atoms with Crippen LogP contribution in [0.25, 0.3) is 33.9 Å². The molecule has 35 heavy (non-hydrogen) atoms. The van der Waals surface area contributed by atoms with Crippen molar-refractivity contribution in [1.82, 2.24) is 35.4 Å². The minimum absolute atomic E-state index is 0.159. The Balaban J connectivity index is 1.32. The van der Waals surface area contributed by atoms with E-state index < -0.39 is 23.7 Å². The fraction of sp³-hybridized carbons (Fsp3) is 0.130. The first kappa shape index (κ1) is 22.2. The van der Waals surface area contributed by atoms with Crippen LogP contribution in [0.15, 0.2) is 65.7 Å². The lowest BCUT2D eigenvalue weighted by Crippen LogP contribution is -2.27. The predicted octanol–water partition coefficient (Wildman–Crippen LogP) is 4.58. The van der Waals surface area contributed by atoms with Crippen LogP contribution in [0.5, 0.6) is 0 Å². The zero-order valence-corrected chi connectivity index (χ0v) is 18.0. The van der Waals surface area contributed by atoms with E-state index in [0.717, 1.165) is 17.7 Å². The third-order valence-electron chi connectivity index (χ3n) is 5.22. The van der Waals surface area contributed by atoms with E-state index in [-0.39, 0.29) is 22.8 Å². The molecule has 0 radical (unpaired) electrons. The van der Waals surface area contributed by atoms with Crippen LogP contribution < -0.4 is 5.32 Å². The molecule has 5 aromatic rings. The summed E-state index contributed by atoms with van der Waals surface area (Å²) in [5.74, 6) is -0.0155. The highest BCUT2D eigenvalue weighted by Gasteiger charge is 2.31. The minimum atomic E-state index is -4.46. The standard InChI is InChI=1S/C23H16F3N7O2/c1-12(30-22(34)19-8-17(28-11-29-19)13-3-2-6-27-10-13)16-9-20(35-33-16)21-31-15-5-4-14(23(24,25)26)7-18(15)32-21/h2-12H,1H3,(H,30,34)(H,31,32)/t12-/m0/s1. The maximum absolute atomic E-state index is 13.0. The average molecular weight is 479 g/mol. The van der Waals surface area contributed by atoms with Gasteiger partial charge in [-0.25, -0.2) is 15.0 Å². The van der Waals surface area contributed by atoms with Crippen LogP contribution in [0.2, 0.25) is 0 Å². The zero-order valence-electron chi connectivity index (χ0n) is 18.0. The summed E-state index contributed by atoms with van der Waals surface area (Å²) in [4.78, 5) is 32.0. The number of nitrogens with zero attached hydrogens (tertiary/aromatic N) is 5. The molecule has 0 aliphatic carbocycles. The van der Waals surface area contributed by atoms with Crippen LogP contribution in [0.4, 0.5) is 13.2 Å². The number of rotatable bonds is 5. The monoisotopic (exact) mass is 479 g/mol. The molecule has 2 N–H and O–H groups in total. The van der Waals surface area contributed by atoms with E-state index in [0.29, 0.717) is 16.9 Å². The number of benzene rings is 1. The number of aromatic amines is 1. The Hall–Kier alpha value is -4.61. The number of imidazole rings is 1. The predicted molar refractivity (Wildman–Crippen MR) is 118 cm³/mol. The number of amides is 1. The van der Waals surface area contributed by atoms with Crippen LogP contribution in [-0.2, 0) is 6.18 Å². The second-order valence-electron chi connectivity index (χ2n) is 7.66. The van der Waals surface area contributed by atoms with Gasteiger partial charge < -0.3 is 14.8 Å². The number of aromatic nitrogens is 6. The Labute approximate surface area is 195 Å². The van der Waals surface area contributed by atoms with Gasteiger partial charge in [-0.2, -0.15) is 13.2 Å². The second kappa shape index (κ2) is 8.63. The van der Waals surface area contributed by atoms with Crippen molar-refractivity contribution in [3.8, 4) is 22.8 Å². The van der Waals surface area contributed by atoms with Crippen LogP contribution >= 0.6 is 0 Å². The smallest absolute Gasteiger partial charge is 0.353 e. The third kappa shape index (κ3) is 4.58. The number of hydrogen-bond acceptors (Lipinski definition) is 7. The molecule has 1 amide bonds. The highest BCUT2D eigenvalue weighted by molar-refractivity contribution is 5.93. The molecule has 0 fully saturated rings. The van der Waals surface area contributed by atoms with E-state index in [1.807, 2.05) is 6.07 Å². The van der Waals surface area contributed by atoms with Gasteiger partial charge in [0, 0.05) is 24.0 Å². The number of carbonyl (C=O) groups is 1. The van der Waals surface area contributed by atoms with Crippen molar-refractivity contribution in [2.45, 2.75) is 19.1 Å². The number of halogens is 3. The summed E-state index contributed by atoms with van der Waals surface area (Å²) >= 11 is 0. The third-order valence-corrected chi connectivity index (χ3v) is 5.22. The zero-order chi connectivity index (χ0) is 24.6. The maximum atomic E-state index is 13.0. The van der Waals surface area contributed by atoms with Crippen molar-refractivity contribution >= 4 is 16.9 Å². The van der Waals surface area contributed by atoms with Gasteiger partial charge in [-0.15, -0.1) is 0 Å². The number of H-pyrrole nitrogens is 1. The molecule has 5 rings (SSSR count). The molecule has 0 aliphatic rings. The molecule has 1 aromatic carbocycles. The summed E-state index contributed by atoms with van der Waals surface area (Å²) in [7, 11) is 0. The highest BCUT2D eigenvalue weighted by Crippen LogP contribution is 2.32. The number of hydrogen-bond donors (Lipinski definition) is 2. The van der Waals surface area contributed by atoms with E-state index in [9.17, 15) is 18.0 Å². The molecule has 0 unspecified atom stereocenters. The van der Waals surface area contributed by atoms with E-state index >= 15 is 0 Å². The van der Waals surface area contributed by atoms with Gasteiger partial charge in [0.25, 0.3) is 5.91 Å². The van der Waals surface area contributed by atoms with Crippen molar-refractivity contribution in [3.05, 3.63) is 78.1 Å². The van der Waals surface area contributed by atoms with Crippen molar-refractivity contribution in [1.29, 1.82) is 0 Å². The second-order valence-corrected chi connectivity index (χ2v) is 7.66. The maximum Gasteiger partial charge on any atom is 0.416 e. The van der Waals surface area contributed by atoms with Gasteiger partial charge in [0.1, 0.15) is 17.7 Å². The summed E-state index contributed by atoms with van der Waals surface area (Å²) in [6, 6.07) is 9.34. The summed E-state index contributed by atoms with van der Waals surface area (Å²) in [5, 5.41) is 6.74. The fourth-order valence-electron chi connectivity index (χ4n) is 3.41. The molecule has 0 bridgehead atoms. The summed E-state index contributed by atoms with van der Waals surface area (Å²) in [6.07, 6.45) is 0.0969. The van der Waals surface area contributed by atoms with Crippen molar-refractivity contribution in [3.63, 3.8) is 0 Å². The number of alkyl halides is 3. The molecule has 0 aliphatic heterocycles. The normalized spacial score (nSPS) is 12.6. The lowest BCUT2D eigenvalue weighted by atomic mass is 10.1. The van der Waals surface area contributed by atoms with Gasteiger partial charge >= 0.3 is 6.18 Å². The number of nitrogens with one attached hydrogen (secondary N) is 2. The first-order valence-electron chi connectivity index (χ1n) is 10.4. The molecular formula is C23H16F3N7O2. The highest BCUT2D eigenvalue weighted by atomic mass is 19.4. The molecule has 176 valence electrons. The van der Waals surface area contributed by atoms with E-state index in [1.165, 1.54) is 12.4 Å². The lowest BCUT2D eigenvalue weighted by molar-refractivity contribution is -0.137. The first-order chi connectivity index (χ1) is 16.8. The van der Waals surface area contributed by atoms with Gasteiger partial charge in [0.05, 0.1) is 28.3 Å². The molecule has 0 saturated carbocycles. The van der Waals surface area contributed by atoms with Gasteiger partial charge in [-0.1, -0.05) is 5.16 Å². The van der Waals surface area contributed by atoms with Crippen LogP contribution in [-0.4, -0.2) is 36.0 Å². The Morgan fingerprint density at radius 3 is 2.77 bits per heavy atom. The summed E-state index contributed by atoms with van der Waals surface area (Å²) in [5.41, 5.74) is 1.62.